The number of furan rings is 1. The monoisotopic (exact) mass is 249 g/mol. The molecule has 2 bridgehead atoms. The molecule has 1 atom stereocenters. The van der Waals surface area contributed by atoms with E-state index in [-0.39, 0.29) is 5.54 Å². The third-order valence-electron chi connectivity index (χ3n) is 4.93. The van der Waals surface area contributed by atoms with Crippen molar-refractivity contribution >= 4 is 0 Å². The zero-order chi connectivity index (χ0) is 12.6. The molecule has 0 spiro atoms. The second-order valence-electron chi connectivity index (χ2n) is 5.79. The first-order chi connectivity index (χ1) is 8.74. The lowest BCUT2D eigenvalue weighted by molar-refractivity contribution is -0.0615. The summed E-state index contributed by atoms with van der Waals surface area (Å²) in [6.07, 6.45) is 4.33. The van der Waals surface area contributed by atoms with Gasteiger partial charge in [0, 0.05) is 18.6 Å². The number of rotatable bonds is 4. The highest BCUT2D eigenvalue weighted by atomic mass is 16.3. The van der Waals surface area contributed by atoms with Crippen molar-refractivity contribution in [1.82, 2.24) is 9.80 Å². The van der Waals surface area contributed by atoms with Crippen LogP contribution in [-0.2, 0) is 6.54 Å². The molecule has 3 fully saturated rings. The molecule has 1 aromatic heterocycles. The number of hydrogen-bond donors (Lipinski definition) is 1. The Hall–Kier alpha value is -0.840. The number of fused-ring (bicyclic) bond motifs is 3. The standard InChI is InChI=1S/C14H23N3O/c1-16(9-13-3-2-8-18-13)14(10-15)11-17-6-4-12(14)5-7-17/h2-3,8,12H,4-7,9-11,15H2,1H3. The van der Waals surface area contributed by atoms with Gasteiger partial charge in [-0.15, -0.1) is 0 Å². The highest BCUT2D eigenvalue weighted by Gasteiger charge is 2.48. The van der Waals surface area contributed by atoms with Gasteiger partial charge in [0.1, 0.15) is 5.76 Å². The second kappa shape index (κ2) is 4.68. The molecule has 1 aromatic rings. The Bertz CT molecular complexity index is 384. The molecule has 2 N–H and O–H groups in total. The largest absolute Gasteiger partial charge is 0.468 e. The summed E-state index contributed by atoms with van der Waals surface area (Å²) in [4.78, 5) is 4.98. The maximum absolute atomic E-state index is 6.16. The summed E-state index contributed by atoms with van der Waals surface area (Å²) in [7, 11) is 2.19. The van der Waals surface area contributed by atoms with E-state index in [1.165, 1.54) is 25.9 Å². The molecule has 0 aromatic carbocycles. The van der Waals surface area contributed by atoms with Crippen LogP contribution in [-0.4, -0.2) is 48.6 Å². The molecule has 3 aliphatic rings. The van der Waals surface area contributed by atoms with E-state index in [9.17, 15) is 0 Å². The van der Waals surface area contributed by atoms with Crippen LogP contribution in [0.25, 0.3) is 0 Å². The molecule has 4 nitrogen and oxygen atoms in total. The lowest BCUT2D eigenvalue weighted by atomic mass is 9.71. The topological polar surface area (TPSA) is 45.6 Å². The van der Waals surface area contributed by atoms with Crippen molar-refractivity contribution in [3.05, 3.63) is 24.2 Å². The molecule has 0 amide bonds. The SMILES string of the molecule is CN(Cc1ccco1)C1(CN)CN2CCC1CC2. The van der Waals surface area contributed by atoms with Crippen LogP contribution in [0.1, 0.15) is 18.6 Å². The molecule has 4 heteroatoms. The van der Waals surface area contributed by atoms with Crippen molar-refractivity contribution < 1.29 is 4.42 Å². The van der Waals surface area contributed by atoms with Crippen molar-refractivity contribution in [2.75, 3.05) is 33.2 Å². The molecular weight excluding hydrogens is 226 g/mol. The highest BCUT2D eigenvalue weighted by Crippen LogP contribution is 2.39. The van der Waals surface area contributed by atoms with E-state index < -0.39 is 0 Å². The third-order valence-corrected chi connectivity index (χ3v) is 4.93. The predicted octanol–water partition coefficient (Wildman–Crippen LogP) is 1.13. The van der Waals surface area contributed by atoms with Gasteiger partial charge in [-0.1, -0.05) is 0 Å². The van der Waals surface area contributed by atoms with E-state index >= 15 is 0 Å². The van der Waals surface area contributed by atoms with Crippen molar-refractivity contribution in [3.8, 4) is 0 Å². The van der Waals surface area contributed by atoms with Gasteiger partial charge < -0.3 is 15.1 Å². The zero-order valence-electron chi connectivity index (χ0n) is 11.1. The summed E-state index contributed by atoms with van der Waals surface area (Å²) < 4.78 is 5.47. The maximum atomic E-state index is 6.16. The number of piperidine rings is 3. The Morgan fingerprint density at radius 1 is 1.50 bits per heavy atom. The van der Waals surface area contributed by atoms with Crippen molar-refractivity contribution in [3.63, 3.8) is 0 Å². The van der Waals surface area contributed by atoms with E-state index in [1.807, 2.05) is 12.1 Å². The zero-order valence-corrected chi connectivity index (χ0v) is 11.1. The Balaban J connectivity index is 1.78. The minimum Gasteiger partial charge on any atom is -0.468 e. The number of likely N-dealkylation sites (N-methyl/N-ethyl adjacent to an activating group) is 1. The van der Waals surface area contributed by atoms with Gasteiger partial charge in [0.2, 0.25) is 0 Å². The summed E-state index contributed by atoms with van der Waals surface area (Å²) in [5, 5.41) is 0. The second-order valence-corrected chi connectivity index (χ2v) is 5.79. The molecular formula is C14H23N3O. The number of nitrogens with zero attached hydrogens (tertiary/aromatic N) is 2. The Morgan fingerprint density at radius 2 is 2.28 bits per heavy atom. The van der Waals surface area contributed by atoms with Crippen LogP contribution < -0.4 is 5.73 Å². The summed E-state index contributed by atoms with van der Waals surface area (Å²) in [5.74, 6) is 1.77. The van der Waals surface area contributed by atoms with E-state index in [4.69, 9.17) is 10.2 Å². The molecule has 4 rings (SSSR count). The van der Waals surface area contributed by atoms with Crippen LogP contribution in [0.5, 0.6) is 0 Å². The summed E-state index contributed by atoms with van der Waals surface area (Å²) in [5.41, 5.74) is 6.30. The Labute approximate surface area is 109 Å². The molecule has 1 unspecified atom stereocenters. The van der Waals surface area contributed by atoms with Crippen LogP contribution >= 0.6 is 0 Å². The Morgan fingerprint density at radius 3 is 2.78 bits per heavy atom. The lowest BCUT2D eigenvalue weighted by Crippen LogP contribution is -2.68. The molecule has 3 aliphatic heterocycles. The smallest absolute Gasteiger partial charge is 0.117 e. The van der Waals surface area contributed by atoms with Gasteiger partial charge in [0.05, 0.1) is 12.8 Å². The van der Waals surface area contributed by atoms with Gasteiger partial charge in [-0.2, -0.15) is 0 Å². The first-order valence-corrected chi connectivity index (χ1v) is 6.90. The molecule has 100 valence electrons. The van der Waals surface area contributed by atoms with Crippen LogP contribution in [0.2, 0.25) is 0 Å². The fraction of sp³-hybridized carbons (Fsp3) is 0.714. The fourth-order valence-corrected chi connectivity index (χ4v) is 3.76. The van der Waals surface area contributed by atoms with E-state index in [1.54, 1.807) is 6.26 Å². The van der Waals surface area contributed by atoms with E-state index in [2.05, 4.69) is 16.8 Å². The summed E-state index contributed by atoms with van der Waals surface area (Å²) >= 11 is 0. The third kappa shape index (κ3) is 1.88. The molecule has 0 radical (unpaired) electrons. The minimum absolute atomic E-state index is 0.142. The quantitative estimate of drug-likeness (QED) is 0.869. The van der Waals surface area contributed by atoms with E-state index in [0.29, 0.717) is 0 Å². The van der Waals surface area contributed by atoms with Gasteiger partial charge in [-0.3, -0.25) is 4.90 Å². The summed E-state index contributed by atoms with van der Waals surface area (Å²) in [6.45, 7) is 5.22. The molecule has 18 heavy (non-hydrogen) atoms. The molecule has 3 saturated heterocycles. The fourth-order valence-electron chi connectivity index (χ4n) is 3.76. The van der Waals surface area contributed by atoms with Crippen molar-refractivity contribution in [1.29, 1.82) is 0 Å². The number of hydrogen-bond acceptors (Lipinski definition) is 4. The normalized spacial score (nSPS) is 35.3. The first-order valence-electron chi connectivity index (χ1n) is 6.90. The van der Waals surface area contributed by atoms with Gasteiger partial charge in [0.15, 0.2) is 0 Å². The van der Waals surface area contributed by atoms with Crippen LogP contribution in [0.3, 0.4) is 0 Å². The van der Waals surface area contributed by atoms with Crippen LogP contribution in [0, 0.1) is 5.92 Å². The first kappa shape index (κ1) is 12.2. The Kier molecular flexibility index (Phi) is 3.18. The van der Waals surface area contributed by atoms with Gasteiger partial charge in [-0.25, -0.2) is 0 Å². The van der Waals surface area contributed by atoms with Crippen molar-refractivity contribution in [2.24, 2.45) is 11.7 Å². The maximum Gasteiger partial charge on any atom is 0.117 e. The van der Waals surface area contributed by atoms with Gasteiger partial charge in [0.25, 0.3) is 0 Å². The average molecular weight is 249 g/mol. The van der Waals surface area contributed by atoms with Crippen LogP contribution in [0.4, 0.5) is 0 Å². The average Bonchev–Trinajstić information content (AvgIpc) is 2.92. The lowest BCUT2D eigenvalue weighted by Gasteiger charge is -2.56. The van der Waals surface area contributed by atoms with Gasteiger partial charge in [-0.05, 0) is 51.0 Å². The van der Waals surface area contributed by atoms with Crippen molar-refractivity contribution in [2.45, 2.75) is 24.9 Å². The molecule has 4 heterocycles. The minimum atomic E-state index is 0.142. The summed E-state index contributed by atoms with van der Waals surface area (Å²) in [6, 6.07) is 4.00. The highest BCUT2D eigenvalue weighted by molar-refractivity contribution is 5.07. The molecule has 0 aliphatic carbocycles. The van der Waals surface area contributed by atoms with Crippen LogP contribution in [0.15, 0.2) is 22.8 Å². The number of nitrogens with two attached hydrogens (primary N) is 1. The predicted molar refractivity (Wildman–Crippen MR) is 71.1 cm³/mol. The van der Waals surface area contributed by atoms with E-state index in [0.717, 1.165) is 31.3 Å². The molecule has 0 saturated carbocycles. The van der Waals surface area contributed by atoms with Gasteiger partial charge >= 0.3 is 0 Å².